The summed E-state index contributed by atoms with van der Waals surface area (Å²) in [6, 6.07) is 2.71. The highest BCUT2D eigenvalue weighted by atomic mass is 19.4. The van der Waals surface area contributed by atoms with Gasteiger partial charge in [-0.2, -0.15) is 13.2 Å². The lowest BCUT2D eigenvalue weighted by atomic mass is 10.1. The van der Waals surface area contributed by atoms with Crippen LogP contribution in [0.5, 0.6) is 5.75 Å². The topological polar surface area (TPSA) is 69.6 Å². The Bertz CT molecular complexity index is 852. The third-order valence-electron chi connectivity index (χ3n) is 3.27. The van der Waals surface area contributed by atoms with Crippen molar-refractivity contribution in [2.45, 2.75) is 12.7 Å². The molecule has 140 valence electrons. The highest BCUT2D eigenvalue weighted by Crippen LogP contribution is 2.37. The number of halogens is 7. The average molecular weight is 383 g/mol. The zero-order valence-corrected chi connectivity index (χ0v) is 12.4. The number of aromatic carboxylic acids is 1. The number of phenolic OH excluding ortho intramolecular Hbond substituents is 1. The molecule has 3 N–H and O–H groups in total. The van der Waals surface area contributed by atoms with E-state index in [0.717, 1.165) is 18.2 Å². The van der Waals surface area contributed by atoms with E-state index in [-0.39, 0.29) is 5.69 Å². The molecule has 0 saturated carbocycles. The minimum absolute atomic E-state index is 0.207. The molecular formula is C15H8F7NO3. The Morgan fingerprint density at radius 2 is 1.50 bits per heavy atom. The summed E-state index contributed by atoms with van der Waals surface area (Å²) in [5.74, 6) is -11.7. The van der Waals surface area contributed by atoms with Crippen molar-refractivity contribution in [2.75, 3.05) is 5.32 Å². The molecule has 0 heterocycles. The number of alkyl halides is 3. The van der Waals surface area contributed by atoms with Gasteiger partial charge in [-0.05, 0) is 12.1 Å². The van der Waals surface area contributed by atoms with E-state index in [1.807, 2.05) is 0 Å². The van der Waals surface area contributed by atoms with Gasteiger partial charge in [0.05, 0.1) is 5.56 Å². The molecule has 4 nitrogen and oxygen atoms in total. The molecule has 11 heteroatoms. The van der Waals surface area contributed by atoms with Gasteiger partial charge in [-0.25, -0.2) is 22.4 Å². The fourth-order valence-electron chi connectivity index (χ4n) is 2.11. The number of anilines is 1. The summed E-state index contributed by atoms with van der Waals surface area (Å²) in [5, 5.41) is 20.4. The maximum absolute atomic E-state index is 13.8. The third-order valence-corrected chi connectivity index (χ3v) is 3.27. The van der Waals surface area contributed by atoms with Crippen LogP contribution in [-0.4, -0.2) is 16.2 Å². The van der Waals surface area contributed by atoms with Crippen LogP contribution in [0.25, 0.3) is 0 Å². The molecule has 0 bridgehead atoms. The highest BCUT2D eigenvalue weighted by Gasteiger charge is 2.42. The first-order valence-electron chi connectivity index (χ1n) is 6.66. The number of carbonyl (C=O) groups is 1. The number of carboxylic acids is 1. The lowest BCUT2D eigenvalue weighted by Crippen LogP contribution is -2.18. The van der Waals surface area contributed by atoms with Crippen molar-refractivity contribution in [3.05, 3.63) is 58.2 Å². The van der Waals surface area contributed by atoms with E-state index in [0.29, 0.717) is 0 Å². The van der Waals surface area contributed by atoms with Gasteiger partial charge in [0.25, 0.3) is 0 Å². The summed E-state index contributed by atoms with van der Waals surface area (Å²) in [6.07, 6.45) is -5.65. The molecule has 26 heavy (non-hydrogen) atoms. The molecule has 0 aliphatic carbocycles. The van der Waals surface area contributed by atoms with Gasteiger partial charge in [0.1, 0.15) is 11.3 Å². The molecule has 0 spiro atoms. The molecule has 2 rings (SSSR count). The van der Waals surface area contributed by atoms with Gasteiger partial charge in [-0.1, -0.05) is 0 Å². The number of hydrogen-bond donors (Lipinski definition) is 3. The van der Waals surface area contributed by atoms with E-state index >= 15 is 0 Å². The zero-order chi connectivity index (χ0) is 19.8. The number of rotatable bonds is 4. The molecule has 0 unspecified atom stereocenters. The van der Waals surface area contributed by atoms with Crippen molar-refractivity contribution in [1.29, 1.82) is 0 Å². The average Bonchev–Trinajstić information content (AvgIpc) is 2.51. The normalized spacial score (nSPS) is 11.5. The van der Waals surface area contributed by atoms with Gasteiger partial charge < -0.3 is 15.5 Å². The van der Waals surface area contributed by atoms with E-state index in [1.54, 1.807) is 0 Å². The van der Waals surface area contributed by atoms with Gasteiger partial charge in [0, 0.05) is 23.9 Å². The number of benzene rings is 2. The predicted octanol–water partition coefficient (Wildman–Crippen LogP) is 4.28. The molecule has 0 atom stereocenters. The monoisotopic (exact) mass is 383 g/mol. The molecule has 0 radical (unpaired) electrons. The van der Waals surface area contributed by atoms with E-state index in [4.69, 9.17) is 5.11 Å². The van der Waals surface area contributed by atoms with Gasteiger partial charge >= 0.3 is 12.1 Å². The second kappa shape index (κ2) is 6.73. The number of phenols is 1. The van der Waals surface area contributed by atoms with E-state index in [2.05, 4.69) is 5.32 Å². The van der Waals surface area contributed by atoms with Gasteiger partial charge in [0.2, 0.25) is 0 Å². The summed E-state index contributed by atoms with van der Waals surface area (Å²) in [6.45, 7) is -1.02. The van der Waals surface area contributed by atoms with E-state index in [1.165, 1.54) is 0 Å². The quantitative estimate of drug-likeness (QED) is 0.545. The molecule has 0 saturated heterocycles. The van der Waals surface area contributed by atoms with Crippen LogP contribution in [0.1, 0.15) is 21.5 Å². The maximum Gasteiger partial charge on any atom is 0.422 e. The maximum atomic E-state index is 13.8. The standard InChI is InChI=1S/C15H8F7NO3/c16-10-8(11(17)13(19)9(12(10)18)15(20,21)22)4-23-6-1-5(14(25)26)2-7(24)3-6/h1-3,23-24H,4H2,(H,25,26). The van der Waals surface area contributed by atoms with Crippen molar-refractivity contribution >= 4 is 11.7 Å². The first-order valence-corrected chi connectivity index (χ1v) is 6.66. The molecule has 2 aromatic rings. The Hall–Kier alpha value is -2.98. The van der Waals surface area contributed by atoms with Crippen molar-refractivity contribution in [3.63, 3.8) is 0 Å². The SMILES string of the molecule is O=C(O)c1cc(O)cc(NCc2c(F)c(F)c(C(F)(F)F)c(F)c2F)c1. The molecular weight excluding hydrogens is 375 g/mol. The first kappa shape index (κ1) is 19.3. The van der Waals surface area contributed by atoms with Crippen LogP contribution in [0.2, 0.25) is 0 Å². The fourth-order valence-corrected chi connectivity index (χ4v) is 2.11. The molecule has 2 aromatic carbocycles. The number of carboxylic acid groups (broad SMARTS) is 1. The minimum Gasteiger partial charge on any atom is -0.508 e. The summed E-state index contributed by atoms with van der Waals surface area (Å²) in [4.78, 5) is 10.8. The summed E-state index contributed by atoms with van der Waals surface area (Å²) in [7, 11) is 0. The third kappa shape index (κ3) is 3.65. The Balaban J connectivity index is 2.42. The fraction of sp³-hybridized carbons (Fsp3) is 0.133. The zero-order valence-electron chi connectivity index (χ0n) is 12.4. The number of hydrogen-bond acceptors (Lipinski definition) is 3. The van der Waals surface area contributed by atoms with Crippen LogP contribution in [0.3, 0.4) is 0 Å². The van der Waals surface area contributed by atoms with Crippen LogP contribution >= 0.6 is 0 Å². The van der Waals surface area contributed by atoms with Crippen molar-refractivity contribution in [1.82, 2.24) is 0 Å². The van der Waals surface area contributed by atoms with Crippen LogP contribution in [0, 0.1) is 23.3 Å². The smallest absolute Gasteiger partial charge is 0.422 e. The second-order valence-electron chi connectivity index (χ2n) is 5.03. The van der Waals surface area contributed by atoms with Crippen LogP contribution < -0.4 is 5.32 Å². The van der Waals surface area contributed by atoms with Crippen molar-refractivity contribution in [2.24, 2.45) is 0 Å². The van der Waals surface area contributed by atoms with Crippen LogP contribution in [-0.2, 0) is 12.7 Å². The molecule has 0 aromatic heterocycles. The van der Waals surface area contributed by atoms with Gasteiger partial charge in [-0.3, -0.25) is 0 Å². The lowest BCUT2D eigenvalue weighted by molar-refractivity contribution is -0.143. The summed E-state index contributed by atoms with van der Waals surface area (Å²) >= 11 is 0. The van der Waals surface area contributed by atoms with Crippen molar-refractivity contribution in [3.8, 4) is 5.75 Å². The Morgan fingerprint density at radius 3 is 1.96 bits per heavy atom. The highest BCUT2D eigenvalue weighted by molar-refractivity contribution is 5.89. The molecule has 0 amide bonds. The largest absolute Gasteiger partial charge is 0.508 e. The Labute approximate surface area is 140 Å². The minimum atomic E-state index is -5.65. The Morgan fingerprint density at radius 1 is 0.962 bits per heavy atom. The first-order chi connectivity index (χ1) is 11.9. The second-order valence-corrected chi connectivity index (χ2v) is 5.03. The molecule has 0 aliphatic rings. The summed E-state index contributed by atoms with van der Waals surface area (Å²) < 4.78 is 92.1. The molecule has 0 aliphatic heterocycles. The van der Waals surface area contributed by atoms with E-state index < -0.39 is 64.4 Å². The summed E-state index contributed by atoms with van der Waals surface area (Å²) in [5.41, 5.74) is -4.69. The van der Waals surface area contributed by atoms with Gasteiger partial charge in [0.15, 0.2) is 23.3 Å². The van der Waals surface area contributed by atoms with Crippen LogP contribution in [0.15, 0.2) is 18.2 Å². The molecule has 0 fully saturated rings. The Kier molecular flexibility index (Phi) is 5.01. The predicted molar refractivity (Wildman–Crippen MR) is 73.7 cm³/mol. The number of aromatic hydroxyl groups is 1. The van der Waals surface area contributed by atoms with Gasteiger partial charge in [-0.15, -0.1) is 0 Å². The van der Waals surface area contributed by atoms with Crippen molar-refractivity contribution < 1.29 is 45.7 Å². The lowest BCUT2D eigenvalue weighted by Gasteiger charge is -2.15. The van der Waals surface area contributed by atoms with Crippen LogP contribution in [0.4, 0.5) is 36.4 Å². The number of nitrogens with one attached hydrogen (secondary N) is 1. The van der Waals surface area contributed by atoms with E-state index in [9.17, 15) is 40.6 Å².